The van der Waals surface area contributed by atoms with Crippen molar-refractivity contribution in [1.29, 1.82) is 0 Å². The van der Waals surface area contributed by atoms with Gasteiger partial charge in [0.05, 0.1) is 6.54 Å². The fourth-order valence-corrected chi connectivity index (χ4v) is 2.69. The van der Waals surface area contributed by atoms with Crippen LogP contribution in [0.5, 0.6) is 0 Å². The number of nitrogens with zero attached hydrogens (tertiary/aromatic N) is 4. The molecule has 4 nitrogen and oxygen atoms in total. The Morgan fingerprint density at radius 1 is 1.10 bits per heavy atom. The summed E-state index contributed by atoms with van der Waals surface area (Å²) in [5.74, 6) is 0.981. The van der Waals surface area contributed by atoms with E-state index in [0.717, 1.165) is 5.96 Å². The number of aromatic nitrogens is 1. The molecule has 1 heterocycles. The Balaban J connectivity index is 2.42. The molecule has 108 valence electrons. The summed E-state index contributed by atoms with van der Waals surface area (Å²) in [4.78, 5) is 8.84. The van der Waals surface area contributed by atoms with Crippen LogP contribution in [-0.2, 0) is 13.6 Å². The average molecular weight is 272 g/mol. The van der Waals surface area contributed by atoms with Gasteiger partial charge in [0.2, 0.25) is 0 Å². The number of aliphatic imine (C=N–C) groups is 1. The second-order valence-electron chi connectivity index (χ2n) is 5.55. The summed E-state index contributed by atoms with van der Waals surface area (Å²) >= 11 is 0. The van der Waals surface area contributed by atoms with E-state index >= 15 is 0 Å². The van der Waals surface area contributed by atoms with Crippen LogP contribution in [0.2, 0.25) is 0 Å². The predicted octanol–water partition coefficient (Wildman–Crippen LogP) is 2.47. The first-order valence-corrected chi connectivity index (χ1v) is 6.85. The van der Waals surface area contributed by atoms with Crippen molar-refractivity contribution in [3.05, 3.63) is 35.5 Å². The quantitative estimate of drug-likeness (QED) is 0.619. The minimum Gasteiger partial charge on any atom is -0.349 e. The maximum Gasteiger partial charge on any atom is 0.195 e. The Kier molecular flexibility index (Phi) is 4.02. The van der Waals surface area contributed by atoms with Crippen LogP contribution in [0.15, 0.2) is 29.3 Å². The molecule has 4 heteroatoms. The van der Waals surface area contributed by atoms with Crippen molar-refractivity contribution < 1.29 is 0 Å². The van der Waals surface area contributed by atoms with Crippen molar-refractivity contribution in [3.8, 4) is 0 Å². The van der Waals surface area contributed by atoms with Crippen molar-refractivity contribution in [2.24, 2.45) is 12.0 Å². The molecule has 0 saturated heterocycles. The number of hydrogen-bond acceptors (Lipinski definition) is 1. The van der Waals surface area contributed by atoms with Gasteiger partial charge in [0.15, 0.2) is 5.96 Å². The van der Waals surface area contributed by atoms with Crippen LogP contribution in [0, 0.1) is 6.92 Å². The number of aryl methyl sites for hydroxylation is 2. The second kappa shape index (κ2) is 5.57. The van der Waals surface area contributed by atoms with E-state index in [4.69, 9.17) is 4.99 Å². The second-order valence-corrected chi connectivity index (χ2v) is 5.55. The molecule has 2 aromatic rings. The highest BCUT2D eigenvalue weighted by atomic mass is 15.3. The molecule has 0 aliphatic carbocycles. The van der Waals surface area contributed by atoms with Crippen LogP contribution in [0.3, 0.4) is 0 Å². The van der Waals surface area contributed by atoms with E-state index < -0.39 is 0 Å². The topological polar surface area (TPSA) is 23.8 Å². The molecule has 0 aliphatic heterocycles. The van der Waals surface area contributed by atoms with Gasteiger partial charge in [-0.15, -0.1) is 0 Å². The van der Waals surface area contributed by atoms with Gasteiger partial charge in [-0.05, 0) is 18.6 Å². The summed E-state index contributed by atoms with van der Waals surface area (Å²) in [5.41, 5.74) is 3.86. The third kappa shape index (κ3) is 2.50. The predicted molar refractivity (Wildman–Crippen MR) is 86.2 cm³/mol. The standard InChI is InChI=1S/C16H24N4/c1-12-13-9-7-8-10-14(13)20(6)15(12)11-17-16(18(2)3)19(4)5/h7-10H,11H2,1-6H3. The molecular weight excluding hydrogens is 248 g/mol. The summed E-state index contributed by atoms with van der Waals surface area (Å²) < 4.78 is 2.25. The van der Waals surface area contributed by atoms with E-state index in [9.17, 15) is 0 Å². The summed E-state index contributed by atoms with van der Waals surface area (Å²) in [6, 6.07) is 8.51. The van der Waals surface area contributed by atoms with Crippen molar-refractivity contribution >= 4 is 16.9 Å². The molecule has 1 aromatic carbocycles. The van der Waals surface area contributed by atoms with Gasteiger partial charge in [-0.2, -0.15) is 0 Å². The first-order valence-electron chi connectivity index (χ1n) is 6.85. The highest BCUT2D eigenvalue weighted by Crippen LogP contribution is 2.24. The molecule has 0 aliphatic rings. The zero-order chi connectivity index (χ0) is 14.9. The molecule has 0 bridgehead atoms. The lowest BCUT2D eigenvalue weighted by Crippen LogP contribution is -2.35. The number of benzene rings is 1. The van der Waals surface area contributed by atoms with Crippen molar-refractivity contribution in [3.63, 3.8) is 0 Å². The molecule has 1 aromatic heterocycles. The highest BCUT2D eigenvalue weighted by Gasteiger charge is 2.11. The van der Waals surface area contributed by atoms with Crippen molar-refractivity contribution in [2.45, 2.75) is 13.5 Å². The lowest BCUT2D eigenvalue weighted by atomic mass is 10.1. The average Bonchev–Trinajstić information content (AvgIpc) is 2.63. The van der Waals surface area contributed by atoms with Crippen molar-refractivity contribution in [2.75, 3.05) is 28.2 Å². The van der Waals surface area contributed by atoms with E-state index in [1.165, 1.54) is 22.2 Å². The molecular formula is C16H24N4. The van der Waals surface area contributed by atoms with Gasteiger partial charge < -0.3 is 14.4 Å². The molecule has 0 N–H and O–H groups in total. The number of para-hydroxylation sites is 1. The van der Waals surface area contributed by atoms with Crippen LogP contribution in [0.4, 0.5) is 0 Å². The normalized spacial score (nSPS) is 10.7. The fraction of sp³-hybridized carbons (Fsp3) is 0.438. The van der Waals surface area contributed by atoms with E-state index in [1.807, 2.05) is 38.0 Å². The Bertz CT molecular complexity index is 586. The van der Waals surface area contributed by atoms with E-state index in [0.29, 0.717) is 6.54 Å². The zero-order valence-corrected chi connectivity index (χ0v) is 13.3. The minimum absolute atomic E-state index is 0.697. The third-order valence-corrected chi connectivity index (χ3v) is 3.68. The number of fused-ring (bicyclic) bond motifs is 1. The van der Waals surface area contributed by atoms with Gasteiger partial charge in [0, 0.05) is 51.8 Å². The number of hydrogen-bond donors (Lipinski definition) is 0. The van der Waals surface area contributed by atoms with Crippen LogP contribution in [0.25, 0.3) is 10.9 Å². The fourth-order valence-electron chi connectivity index (χ4n) is 2.69. The van der Waals surface area contributed by atoms with Gasteiger partial charge in [0.25, 0.3) is 0 Å². The maximum atomic E-state index is 4.76. The largest absolute Gasteiger partial charge is 0.349 e. The smallest absolute Gasteiger partial charge is 0.195 e. The number of guanidine groups is 1. The molecule has 0 atom stereocenters. The van der Waals surface area contributed by atoms with E-state index in [1.54, 1.807) is 0 Å². The molecule has 0 radical (unpaired) electrons. The Labute approximate surface area is 121 Å². The molecule has 0 spiro atoms. The molecule has 0 fully saturated rings. The SMILES string of the molecule is Cc1c(CN=C(N(C)C)N(C)C)n(C)c2ccccc12. The molecule has 0 unspecified atom stereocenters. The maximum absolute atomic E-state index is 4.76. The van der Waals surface area contributed by atoms with Gasteiger partial charge >= 0.3 is 0 Å². The lowest BCUT2D eigenvalue weighted by Gasteiger charge is -2.22. The van der Waals surface area contributed by atoms with Gasteiger partial charge in [-0.25, -0.2) is 4.99 Å². The van der Waals surface area contributed by atoms with Gasteiger partial charge in [0.1, 0.15) is 0 Å². The van der Waals surface area contributed by atoms with Gasteiger partial charge in [-0.3, -0.25) is 0 Å². The Morgan fingerprint density at radius 2 is 1.70 bits per heavy atom. The number of rotatable bonds is 2. The summed E-state index contributed by atoms with van der Waals surface area (Å²) in [6.45, 7) is 2.88. The monoisotopic (exact) mass is 272 g/mol. The molecule has 0 saturated carbocycles. The minimum atomic E-state index is 0.697. The third-order valence-electron chi connectivity index (χ3n) is 3.68. The summed E-state index contributed by atoms with van der Waals surface area (Å²) in [5, 5.41) is 1.32. The first kappa shape index (κ1) is 14.4. The lowest BCUT2D eigenvalue weighted by molar-refractivity contribution is 0.478. The zero-order valence-electron chi connectivity index (χ0n) is 13.3. The van der Waals surface area contributed by atoms with E-state index in [-0.39, 0.29) is 0 Å². The summed E-state index contributed by atoms with van der Waals surface area (Å²) in [7, 11) is 10.2. The Hall–Kier alpha value is -1.97. The van der Waals surface area contributed by atoms with Gasteiger partial charge in [-0.1, -0.05) is 18.2 Å². The van der Waals surface area contributed by atoms with Crippen LogP contribution >= 0.6 is 0 Å². The summed E-state index contributed by atoms with van der Waals surface area (Å²) in [6.07, 6.45) is 0. The van der Waals surface area contributed by atoms with Crippen LogP contribution in [0.1, 0.15) is 11.3 Å². The molecule has 2 rings (SSSR count). The van der Waals surface area contributed by atoms with E-state index in [2.05, 4.69) is 42.8 Å². The Morgan fingerprint density at radius 3 is 2.25 bits per heavy atom. The molecule has 0 amide bonds. The van der Waals surface area contributed by atoms with Crippen molar-refractivity contribution in [1.82, 2.24) is 14.4 Å². The van der Waals surface area contributed by atoms with Crippen LogP contribution < -0.4 is 0 Å². The molecule has 20 heavy (non-hydrogen) atoms. The highest BCUT2D eigenvalue weighted by molar-refractivity contribution is 5.85. The first-order chi connectivity index (χ1) is 9.43. The van der Waals surface area contributed by atoms with Crippen LogP contribution in [-0.4, -0.2) is 48.5 Å².